The van der Waals surface area contributed by atoms with Crippen molar-refractivity contribution in [2.75, 3.05) is 24.6 Å². The quantitative estimate of drug-likeness (QED) is 0.719. The highest BCUT2D eigenvalue weighted by Crippen LogP contribution is 2.30. The van der Waals surface area contributed by atoms with Crippen molar-refractivity contribution in [3.8, 4) is 5.75 Å². The van der Waals surface area contributed by atoms with E-state index in [4.69, 9.17) is 4.74 Å². The zero-order valence-corrected chi connectivity index (χ0v) is 17.4. The second-order valence-electron chi connectivity index (χ2n) is 6.06. The Morgan fingerprint density at radius 3 is 2.33 bits per heavy atom. The second kappa shape index (κ2) is 8.28. The maximum absolute atomic E-state index is 13.1. The minimum Gasteiger partial charge on any atom is -0.497 e. The molecule has 1 N–H and O–H groups in total. The highest BCUT2D eigenvalue weighted by molar-refractivity contribution is 7.93. The standard InChI is InChI=1S/C18H24N2O5S2/c1-5-26(21,22)19-17-12-16(25-4)10-11-18(17)27(23,24)20(3)13-15-9-7-6-8-14(15)2/h6-12,19H,5,13H2,1-4H3. The zero-order chi connectivity index (χ0) is 20.2. The van der Waals surface area contributed by atoms with Crippen molar-refractivity contribution < 1.29 is 21.6 Å². The predicted octanol–water partition coefficient (Wildman–Crippen LogP) is 2.59. The SMILES string of the molecule is CCS(=O)(=O)Nc1cc(OC)ccc1S(=O)(=O)N(C)Cc1ccccc1C. The lowest BCUT2D eigenvalue weighted by atomic mass is 10.1. The molecule has 2 aromatic rings. The number of anilines is 1. The first-order valence-corrected chi connectivity index (χ1v) is 11.4. The fourth-order valence-corrected chi connectivity index (χ4v) is 4.45. The first-order valence-electron chi connectivity index (χ1n) is 8.30. The Morgan fingerprint density at radius 1 is 1.07 bits per heavy atom. The zero-order valence-electron chi connectivity index (χ0n) is 15.8. The van der Waals surface area contributed by atoms with Crippen molar-refractivity contribution in [2.45, 2.75) is 25.3 Å². The number of rotatable bonds is 8. The molecule has 2 rings (SSSR count). The number of hydrogen-bond acceptors (Lipinski definition) is 5. The summed E-state index contributed by atoms with van der Waals surface area (Å²) in [6, 6.07) is 11.7. The lowest BCUT2D eigenvalue weighted by Gasteiger charge is -2.21. The lowest BCUT2D eigenvalue weighted by molar-refractivity contribution is 0.414. The van der Waals surface area contributed by atoms with Crippen LogP contribution in [0.5, 0.6) is 5.75 Å². The van der Waals surface area contributed by atoms with Crippen LogP contribution in [0.2, 0.25) is 0 Å². The Kier molecular flexibility index (Phi) is 6.50. The largest absolute Gasteiger partial charge is 0.497 e. The summed E-state index contributed by atoms with van der Waals surface area (Å²) in [6.07, 6.45) is 0. The normalized spacial score (nSPS) is 12.2. The van der Waals surface area contributed by atoms with Crippen molar-refractivity contribution in [1.82, 2.24) is 4.31 Å². The van der Waals surface area contributed by atoms with Crippen molar-refractivity contribution in [2.24, 2.45) is 0 Å². The number of nitrogens with zero attached hydrogens (tertiary/aromatic N) is 1. The van der Waals surface area contributed by atoms with E-state index in [1.807, 2.05) is 31.2 Å². The van der Waals surface area contributed by atoms with Gasteiger partial charge in [0.15, 0.2) is 0 Å². The Balaban J connectivity index is 2.46. The number of ether oxygens (including phenoxy) is 1. The Labute approximate surface area is 161 Å². The summed E-state index contributed by atoms with van der Waals surface area (Å²) in [5.74, 6) is 0.173. The van der Waals surface area contributed by atoms with E-state index in [2.05, 4.69) is 4.72 Å². The summed E-state index contributed by atoms with van der Waals surface area (Å²) in [6.45, 7) is 3.55. The van der Waals surface area contributed by atoms with Gasteiger partial charge >= 0.3 is 0 Å². The molecule has 0 saturated heterocycles. The van der Waals surface area contributed by atoms with Gasteiger partial charge in [0, 0.05) is 19.7 Å². The first kappa shape index (κ1) is 21.2. The molecule has 0 heterocycles. The molecule has 9 heteroatoms. The first-order chi connectivity index (χ1) is 12.6. The van der Waals surface area contributed by atoms with Crippen LogP contribution in [0.1, 0.15) is 18.1 Å². The molecule has 0 aromatic heterocycles. The van der Waals surface area contributed by atoms with Gasteiger partial charge in [-0.2, -0.15) is 4.31 Å². The average Bonchev–Trinajstić information content (AvgIpc) is 2.63. The van der Waals surface area contributed by atoms with Crippen LogP contribution in [0, 0.1) is 6.92 Å². The smallest absolute Gasteiger partial charge is 0.245 e. The van der Waals surface area contributed by atoms with Crippen molar-refractivity contribution in [3.63, 3.8) is 0 Å². The predicted molar refractivity (Wildman–Crippen MR) is 106 cm³/mol. The summed E-state index contributed by atoms with van der Waals surface area (Å²) in [4.78, 5) is -0.128. The van der Waals surface area contributed by atoms with Crippen molar-refractivity contribution in [3.05, 3.63) is 53.6 Å². The number of nitrogens with one attached hydrogen (secondary N) is 1. The average molecular weight is 413 g/mol. The van der Waals surface area contributed by atoms with E-state index < -0.39 is 20.0 Å². The van der Waals surface area contributed by atoms with E-state index in [1.165, 1.54) is 43.6 Å². The molecule has 0 amide bonds. The molecule has 0 unspecified atom stereocenters. The van der Waals surface area contributed by atoms with Crippen LogP contribution in [0.15, 0.2) is 47.4 Å². The summed E-state index contributed by atoms with van der Waals surface area (Å²) < 4.78 is 58.8. The number of methoxy groups -OCH3 is 1. The molecule has 0 fully saturated rings. The number of hydrogen-bond donors (Lipinski definition) is 1. The van der Waals surface area contributed by atoms with Gasteiger partial charge in [0.2, 0.25) is 20.0 Å². The van der Waals surface area contributed by atoms with Crippen LogP contribution in [0.3, 0.4) is 0 Å². The third-order valence-electron chi connectivity index (χ3n) is 4.17. The third kappa shape index (κ3) is 5.00. The van der Waals surface area contributed by atoms with Crippen LogP contribution in [0.25, 0.3) is 0 Å². The molecule has 0 bridgehead atoms. The van der Waals surface area contributed by atoms with Crippen molar-refractivity contribution >= 4 is 25.7 Å². The molecule has 2 aromatic carbocycles. The van der Waals surface area contributed by atoms with Gasteiger partial charge in [-0.15, -0.1) is 0 Å². The van der Waals surface area contributed by atoms with Gasteiger partial charge in [-0.1, -0.05) is 24.3 Å². The number of sulfonamides is 2. The van der Waals surface area contributed by atoms with Gasteiger partial charge in [0.25, 0.3) is 0 Å². The summed E-state index contributed by atoms with van der Waals surface area (Å²) in [5.41, 5.74) is 1.81. The van der Waals surface area contributed by atoms with Crippen LogP contribution < -0.4 is 9.46 Å². The molecular formula is C18H24N2O5S2. The Morgan fingerprint density at radius 2 is 1.74 bits per heavy atom. The highest BCUT2D eigenvalue weighted by Gasteiger charge is 2.26. The van der Waals surface area contributed by atoms with Gasteiger partial charge in [-0.05, 0) is 37.1 Å². The Bertz CT molecular complexity index is 1020. The van der Waals surface area contributed by atoms with Gasteiger partial charge in [0.05, 0.1) is 18.6 Å². The van der Waals surface area contributed by atoms with Crippen molar-refractivity contribution in [1.29, 1.82) is 0 Å². The van der Waals surface area contributed by atoms with Crippen LogP contribution in [-0.2, 0) is 26.6 Å². The third-order valence-corrected chi connectivity index (χ3v) is 7.33. The highest BCUT2D eigenvalue weighted by atomic mass is 32.2. The number of aryl methyl sites for hydroxylation is 1. The molecule has 0 aliphatic carbocycles. The van der Waals surface area contributed by atoms with Crippen LogP contribution >= 0.6 is 0 Å². The minimum absolute atomic E-state index is 0.0344. The van der Waals surface area contributed by atoms with Gasteiger partial charge in [0.1, 0.15) is 10.6 Å². The van der Waals surface area contributed by atoms with E-state index in [0.717, 1.165) is 11.1 Å². The molecule has 7 nitrogen and oxygen atoms in total. The van der Waals surface area contributed by atoms with Crippen LogP contribution in [0.4, 0.5) is 5.69 Å². The maximum Gasteiger partial charge on any atom is 0.245 e. The fourth-order valence-electron chi connectivity index (χ4n) is 2.46. The fraction of sp³-hybridized carbons (Fsp3) is 0.333. The molecule has 0 aliphatic rings. The lowest BCUT2D eigenvalue weighted by Crippen LogP contribution is -2.28. The molecular weight excluding hydrogens is 388 g/mol. The Hall–Kier alpha value is -2.10. The van der Waals surface area contributed by atoms with E-state index >= 15 is 0 Å². The van der Waals surface area contributed by atoms with E-state index in [-0.39, 0.29) is 22.9 Å². The molecule has 0 saturated carbocycles. The topological polar surface area (TPSA) is 92.8 Å². The molecule has 0 aliphatic heterocycles. The monoisotopic (exact) mass is 412 g/mol. The van der Waals surface area contributed by atoms with E-state index in [1.54, 1.807) is 0 Å². The van der Waals surface area contributed by atoms with Crippen LogP contribution in [-0.4, -0.2) is 41.1 Å². The summed E-state index contributed by atoms with van der Waals surface area (Å²) in [7, 11) is -4.71. The van der Waals surface area contributed by atoms with E-state index in [9.17, 15) is 16.8 Å². The van der Waals surface area contributed by atoms with Gasteiger partial charge < -0.3 is 4.74 Å². The summed E-state index contributed by atoms with van der Waals surface area (Å²) in [5, 5.41) is 0. The van der Waals surface area contributed by atoms with Gasteiger partial charge in [-0.25, -0.2) is 16.8 Å². The minimum atomic E-state index is -3.94. The maximum atomic E-state index is 13.1. The molecule has 0 radical (unpaired) electrons. The number of benzene rings is 2. The molecule has 0 spiro atoms. The molecule has 27 heavy (non-hydrogen) atoms. The van der Waals surface area contributed by atoms with Gasteiger partial charge in [-0.3, -0.25) is 4.72 Å². The molecule has 0 atom stereocenters. The molecule has 148 valence electrons. The van der Waals surface area contributed by atoms with E-state index in [0.29, 0.717) is 5.75 Å². The summed E-state index contributed by atoms with van der Waals surface area (Å²) >= 11 is 0. The second-order valence-corrected chi connectivity index (χ2v) is 10.1.